The fraction of sp³-hybridized carbons (Fsp3) is 0.0909. The maximum atomic E-state index is 4.39. The second-order valence-electron chi connectivity index (χ2n) is 5.55. The third-order valence-corrected chi connectivity index (χ3v) is 3.89. The summed E-state index contributed by atoms with van der Waals surface area (Å²) < 4.78 is 0. The zero-order valence-corrected chi connectivity index (χ0v) is 13.8. The molecule has 0 unspecified atom stereocenters. The van der Waals surface area contributed by atoms with Gasteiger partial charge in [-0.3, -0.25) is 9.98 Å². The number of hydrogen-bond donors (Lipinski definition) is 0. The van der Waals surface area contributed by atoms with Crippen molar-refractivity contribution in [3.8, 4) is 22.3 Å². The van der Waals surface area contributed by atoms with Crippen LogP contribution in [0.1, 0.15) is 13.3 Å². The van der Waals surface area contributed by atoms with E-state index in [0.717, 1.165) is 17.8 Å². The second-order valence-corrected chi connectivity index (χ2v) is 5.55. The summed E-state index contributed by atoms with van der Waals surface area (Å²) in [5, 5.41) is 0. The Balaban J connectivity index is 1.80. The molecular formula is C22H20N2. The summed E-state index contributed by atoms with van der Waals surface area (Å²) >= 11 is 0. The minimum Gasteiger partial charge on any atom is -0.265 e. The van der Waals surface area contributed by atoms with E-state index in [0.29, 0.717) is 0 Å². The Morgan fingerprint density at radius 2 is 1.04 bits per heavy atom. The lowest BCUT2D eigenvalue weighted by Crippen LogP contribution is -1.80. The quantitative estimate of drug-likeness (QED) is 0.483. The Hall–Kier alpha value is -3.00. The van der Waals surface area contributed by atoms with Crippen LogP contribution in [-0.4, -0.2) is 12.9 Å². The molecule has 0 bridgehead atoms. The maximum Gasteiger partial charge on any atom is 0.0626 e. The first-order valence-electron chi connectivity index (χ1n) is 8.10. The normalized spacial score (nSPS) is 10.9. The first-order valence-corrected chi connectivity index (χ1v) is 8.10. The van der Waals surface area contributed by atoms with Crippen molar-refractivity contribution >= 4 is 24.3 Å². The van der Waals surface area contributed by atoms with Crippen LogP contribution in [-0.2, 0) is 0 Å². The molecule has 24 heavy (non-hydrogen) atoms. The summed E-state index contributed by atoms with van der Waals surface area (Å²) in [6, 6.07) is 25.0. The van der Waals surface area contributed by atoms with Crippen molar-refractivity contribution in [2.75, 3.05) is 0 Å². The van der Waals surface area contributed by atoms with Crippen molar-refractivity contribution in [1.29, 1.82) is 0 Å². The lowest BCUT2D eigenvalue weighted by atomic mass is 10.00. The van der Waals surface area contributed by atoms with Gasteiger partial charge in [0, 0.05) is 6.21 Å². The minimum absolute atomic E-state index is 0.890. The number of aliphatic imine (C=N–C) groups is 2. The molecule has 2 nitrogen and oxygen atoms in total. The molecule has 0 radical (unpaired) electrons. The van der Waals surface area contributed by atoms with Gasteiger partial charge in [0.1, 0.15) is 0 Å². The Morgan fingerprint density at radius 3 is 1.42 bits per heavy atom. The van der Waals surface area contributed by atoms with Gasteiger partial charge in [0.25, 0.3) is 0 Å². The molecule has 0 atom stereocenters. The van der Waals surface area contributed by atoms with Crippen LogP contribution in [0.15, 0.2) is 82.8 Å². The molecule has 3 aromatic carbocycles. The maximum absolute atomic E-state index is 4.39. The summed E-state index contributed by atoms with van der Waals surface area (Å²) in [5.74, 6) is 0. The minimum atomic E-state index is 0.890. The highest BCUT2D eigenvalue weighted by Crippen LogP contribution is 2.27. The molecule has 0 aliphatic rings. The van der Waals surface area contributed by atoms with Crippen molar-refractivity contribution in [3.63, 3.8) is 0 Å². The van der Waals surface area contributed by atoms with Crippen LogP contribution < -0.4 is 0 Å². The Bertz CT molecular complexity index is 827. The van der Waals surface area contributed by atoms with Crippen molar-refractivity contribution in [3.05, 3.63) is 72.8 Å². The fourth-order valence-corrected chi connectivity index (χ4v) is 2.55. The van der Waals surface area contributed by atoms with E-state index in [-0.39, 0.29) is 0 Å². The summed E-state index contributed by atoms with van der Waals surface area (Å²) in [5.41, 5.74) is 6.66. The molecule has 0 aliphatic heterocycles. The van der Waals surface area contributed by atoms with Gasteiger partial charge in [-0.05, 0) is 59.7 Å². The Kier molecular flexibility index (Phi) is 4.97. The first kappa shape index (κ1) is 15.9. The molecule has 0 heterocycles. The van der Waals surface area contributed by atoms with Crippen LogP contribution in [0.4, 0.5) is 11.4 Å². The fourth-order valence-electron chi connectivity index (χ4n) is 2.55. The Labute approximate surface area is 143 Å². The van der Waals surface area contributed by atoms with Gasteiger partial charge >= 0.3 is 0 Å². The van der Waals surface area contributed by atoms with Crippen molar-refractivity contribution in [2.24, 2.45) is 9.98 Å². The second kappa shape index (κ2) is 7.51. The highest BCUT2D eigenvalue weighted by atomic mass is 14.7. The average Bonchev–Trinajstić information content (AvgIpc) is 2.67. The number of hydrogen-bond acceptors (Lipinski definition) is 2. The molecule has 0 spiro atoms. The van der Waals surface area contributed by atoms with E-state index < -0.39 is 0 Å². The zero-order valence-electron chi connectivity index (χ0n) is 13.8. The zero-order chi connectivity index (χ0) is 16.8. The number of nitrogens with zero attached hydrogens (tertiary/aromatic N) is 2. The van der Waals surface area contributed by atoms with Gasteiger partial charge in [0.2, 0.25) is 0 Å². The third kappa shape index (κ3) is 3.66. The van der Waals surface area contributed by atoms with E-state index >= 15 is 0 Å². The van der Waals surface area contributed by atoms with Crippen LogP contribution in [0.3, 0.4) is 0 Å². The van der Waals surface area contributed by atoms with Crippen LogP contribution in [0.2, 0.25) is 0 Å². The molecule has 0 saturated heterocycles. The number of benzene rings is 3. The lowest BCUT2D eigenvalue weighted by Gasteiger charge is -2.06. The summed E-state index contributed by atoms with van der Waals surface area (Å²) in [6.07, 6.45) is 2.88. The predicted molar refractivity (Wildman–Crippen MR) is 105 cm³/mol. The van der Waals surface area contributed by atoms with Crippen LogP contribution in [0.25, 0.3) is 22.3 Å². The van der Waals surface area contributed by atoms with Gasteiger partial charge in [0.15, 0.2) is 0 Å². The van der Waals surface area contributed by atoms with Gasteiger partial charge in [-0.15, -0.1) is 0 Å². The topological polar surface area (TPSA) is 24.7 Å². The molecule has 3 rings (SSSR count). The van der Waals surface area contributed by atoms with Gasteiger partial charge in [-0.1, -0.05) is 55.5 Å². The first-order chi connectivity index (χ1) is 11.8. The molecular weight excluding hydrogens is 292 g/mol. The monoisotopic (exact) mass is 312 g/mol. The molecule has 0 amide bonds. The van der Waals surface area contributed by atoms with Gasteiger partial charge < -0.3 is 0 Å². The summed E-state index contributed by atoms with van der Waals surface area (Å²) in [6.45, 7) is 5.63. The lowest BCUT2D eigenvalue weighted by molar-refractivity contribution is 1.31. The largest absolute Gasteiger partial charge is 0.265 e. The molecule has 3 aromatic rings. The third-order valence-electron chi connectivity index (χ3n) is 3.89. The average molecular weight is 312 g/mol. The molecule has 118 valence electrons. The summed E-state index contributed by atoms with van der Waals surface area (Å²) in [4.78, 5) is 8.32. The van der Waals surface area contributed by atoms with E-state index in [1.807, 2.05) is 18.3 Å². The predicted octanol–water partition coefficient (Wildman–Crippen LogP) is 6.47. The molecule has 0 aliphatic carbocycles. The molecule has 0 N–H and O–H groups in total. The molecule has 0 fully saturated rings. The van der Waals surface area contributed by atoms with Crippen molar-refractivity contribution in [2.45, 2.75) is 13.3 Å². The van der Waals surface area contributed by atoms with E-state index in [9.17, 15) is 0 Å². The summed E-state index contributed by atoms with van der Waals surface area (Å²) in [7, 11) is 0. The van der Waals surface area contributed by atoms with Gasteiger partial charge in [-0.25, -0.2) is 0 Å². The van der Waals surface area contributed by atoms with Gasteiger partial charge in [0.05, 0.1) is 11.4 Å². The highest BCUT2D eigenvalue weighted by molar-refractivity contribution is 5.72. The standard InChI is InChI=1S/C22H20N2/c1-3-16-24-22-14-10-20(11-15-22)18-6-4-17(5-7-18)19-8-12-21(23-2)13-9-19/h4-16H,2-3H2,1H3/b24-16+. The number of rotatable bonds is 5. The van der Waals surface area contributed by atoms with Gasteiger partial charge in [-0.2, -0.15) is 0 Å². The van der Waals surface area contributed by atoms with Crippen molar-refractivity contribution < 1.29 is 0 Å². The highest BCUT2D eigenvalue weighted by Gasteiger charge is 2.01. The van der Waals surface area contributed by atoms with E-state index in [1.165, 1.54) is 22.3 Å². The van der Waals surface area contributed by atoms with Crippen LogP contribution in [0, 0.1) is 0 Å². The van der Waals surface area contributed by atoms with Crippen molar-refractivity contribution in [1.82, 2.24) is 0 Å². The molecule has 2 heteroatoms. The SMILES string of the molecule is C=Nc1ccc(-c2ccc(-c3ccc(/N=C/CC)cc3)cc2)cc1. The molecule has 0 aromatic heterocycles. The van der Waals surface area contributed by atoms with Crippen LogP contribution in [0.5, 0.6) is 0 Å². The van der Waals surface area contributed by atoms with E-state index in [4.69, 9.17) is 0 Å². The molecule has 0 saturated carbocycles. The van der Waals surface area contributed by atoms with E-state index in [1.54, 1.807) is 0 Å². The Morgan fingerprint density at radius 1 is 0.667 bits per heavy atom. The van der Waals surface area contributed by atoms with Crippen LogP contribution >= 0.6 is 0 Å². The smallest absolute Gasteiger partial charge is 0.0626 e. The van der Waals surface area contributed by atoms with E-state index in [2.05, 4.69) is 84.3 Å².